The fourth-order valence-corrected chi connectivity index (χ4v) is 1.62. The second-order valence-corrected chi connectivity index (χ2v) is 3.19. The summed E-state index contributed by atoms with van der Waals surface area (Å²) in [5.74, 6) is 1.56. The predicted molar refractivity (Wildman–Crippen MR) is 62.4 cm³/mol. The Morgan fingerprint density at radius 1 is 1.13 bits per heavy atom. The summed E-state index contributed by atoms with van der Waals surface area (Å²) in [5, 5.41) is 0. The quantitative estimate of drug-likeness (QED) is 0.745. The van der Waals surface area contributed by atoms with Gasteiger partial charge in [0.25, 0.3) is 0 Å². The molecular formula is C12H17NO2. The molecule has 0 amide bonds. The molecule has 1 heterocycles. The van der Waals surface area contributed by atoms with Gasteiger partial charge in [-0.15, -0.1) is 0 Å². The van der Waals surface area contributed by atoms with Gasteiger partial charge in [0.2, 0.25) is 0 Å². The fourth-order valence-electron chi connectivity index (χ4n) is 1.62. The summed E-state index contributed by atoms with van der Waals surface area (Å²) in [7, 11) is 3.30. The van der Waals surface area contributed by atoms with E-state index in [9.17, 15) is 0 Å². The predicted octanol–water partition coefficient (Wildman–Crippen LogP) is 2.31. The molecule has 1 aromatic carbocycles. The van der Waals surface area contributed by atoms with Crippen LogP contribution in [-0.2, 0) is 6.42 Å². The zero-order valence-electron chi connectivity index (χ0n) is 8.41. The van der Waals surface area contributed by atoms with Crippen LogP contribution in [0, 0.1) is 0 Å². The van der Waals surface area contributed by atoms with E-state index >= 15 is 0 Å². The zero-order valence-corrected chi connectivity index (χ0v) is 8.41. The molecule has 0 unspecified atom stereocenters. The van der Waals surface area contributed by atoms with Crippen molar-refractivity contribution in [3.63, 3.8) is 0 Å². The maximum Gasteiger partial charge on any atom is 0.161 e. The molecule has 0 aliphatic carbocycles. The largest absolute Gasteiger partial charge is 0.493 e. The highest BCUT2D eigenvalue weighted by atomic mass is 16.5. The molecule has 1 aliphatic heterocycles. The third-order valence-electron chi connectivity index (χ3n) is 2.39. The van der Waals surface area contributed by atoms with Gasteiger partial charge in [0, 0.05) is 12.8 Å². The molecule has 0 aromatic heterocycles. The number of rotatable bonds is 2. The standard InChI is InChI=1S/C11H13NO2.CH4/c1-13-10-5-8-3-4-12-7-9(8)6-11(10)14-2;/h5-7H,3-4H2,1-2H3;1H4. The van der Waals surface area contributed by atoms with Gasteiger partial charge in [0.05, 0.1) is 14.2 Å². The minimum Gasteiger partial charge on any atom is -0.493 e. The Kier molecular flexibility index (Phi) is 3.72. The fraction of sp³-hybridized carbons (Fsp3) is 0.417. The first-order chi connectivity index (χ1) is 6.85. The Balaban J connectivity index is 0.00000112. The number of hydrogen-bond donors (Lipinski definition) is 0. The van der Waals surface area contributed by atoms with E-state index < -0.39 is 0 Å². The number of methoxy groups -OCH3 is 2. The Labute approximate surface area is 90.7 Å². The van der Waals surface area contributed by atoms with Gasteiger partial charge in [-0.1, -0.05) is 7.43 Å². The summed E-state index contributed by atoms with van der Waals surface area (Å²) in [6, 6.07) is 4.00. The van der Waals surface area contributed by atoms with Crippen molar-refractivity contribution >= 4 is 6.21 Å². The molecule has 0 N–H and O–H groups in total. The number of aliphatic imine (C=N–C) groups is 1. The number of nitrogens with zero attached hydrogens (tertiary/aromatic N) is 1. The maximum absolute atomic E-state index is 5.23. The van der Waals surface area contributed by atoms with Gasteiger partial charge < -0.3 is 9.47 Å². The van der Waals surface area contributed by atoms with Gasteiger partial charge in [0.15, 0.2) is 11.5 Å². The topological polar surface area (TPSA) is 30.8 Å². The van der Waals surface area contributed by atoms with Crippen molar-refractivity contribution in [3.8, 4) is 11.5 Å². The third kappa shape index (κ3) is 2.12. The van der Waals surface area contributed by atoms with Crippen LogP contribution in [-0.4, -0.2) is 27.0 Å². The molecular weight excluding hydrogens is 190 g/mol. The van der Waals surface area contributed by atoms with Gasteiger partial charge in [-0.3, -0.25) is 4.99 Å². The van der Waals surface area contributed by atoms with Crippen molar-refractivity contribution in [2.75, 3.05) is 20.8 Å². The van der Waals surface area contributed by atoms with Crippen molar-refractivity contribution in [1.82, 2.24) is 0 Å². The Morgan fingerprint density at radius 2 is 1.80 bits per heavy atom. The van der Waals surface area contributed by atoms with E-state index in [1.54, 1.807) is 14.2 Å². The van der Waals surface area contributed by atoms with E-state index in [-0.39, 0.29) is 7.43 Å². The second-order valence-electron chi connectivity index (χ2n) is 3.19. The SMILES string of the molecule is C.COc1cc2c(cc1OC)CCN=C2. The van der Waals surface area contributed by atoms with Crippen molar-refractivity contribution in [2.24, 2.45) is 4.99 Å². The van der Waals surface area contributed by atoms with Crippen LogP contribution in [0.5, 0.6) is 11.5 Å². The Morgan fingerprint density at radius 3 is 2.47 bits per heavy atom. The molecule has 3 heteroatoms. The minimum atomic E-state index is 0. The van der Waals surface area contributed by atoms with Gasteiger partial charge in [0.1, 0.15) is 0 Å². The van der Waals surface area contributed by atoms with Crippen LogP contribution in [0.25, 0.3) is 0 Å². The monoisotopic (exact) mass is 207 g/mol. The van der Waals surface area contributed by atoms with E-state index in [0.29, 0.717) is 0 Å². The highest BCUT2D eigenvalue weighted by molar-refractivity contribution is 5.84. The van der Waals surface area contributed by atoms with Crippen LogP contribution in [0.1, 0.15) is 18.6 Å². The van der Waals surface area contributed by atoms with E-state index in [4.69, 9.17) is 9.47 Å². The number of benzene rings is 1. The summed E-state index contributed by atoms with van der Waals surface area (Å²) >= 11 is 0. The van der Waals surface area contributed by atoms with Crippen LogP contribution in [0.15, 0.2) is 17.1 Å². The van der Waals surface area contributed by atoms with Crippen LogP contribution in [0.2, 0.25) is 0 Å². The highest BCUT2D eigenvalue weighted by Gasteiger charge is 2.11. The van der Waals surface area contributed by atoms with Gasteiger partial charge >= 0.3 is 0 Å². The van der Waals surface area contributed by atoms with E-state index in [1.807, 2.05) is 18.3 Å². The van der Waals surface area contributed by atoms with Crippen LogP contribution in [0.4, 0.5) is 0 Å². The van der Waals surface area contributed by atoms with Crippen LogP contribution >= 0.6 is 0 Å². The maximum atomic E-state index is 5.23. The Bertz CT molecular complexity index is 372. The van der Waals surface area contributed by atoms with E-state index in [0.717, 1.165) is 30.0 Å². The molecule has 0 spiro atoms. The average Bonchev–Trinajstić information content (AvgIpc) is 2.27. The molecule has 1 aliphatic rings. The van der Waals surface area contributed by atoms with Gasteiger partial charge in [-0.2, -0.15) is 0 Å². The van der Waals surface area contributed by atoms with Crippen molar-refractivity contribution in [3.05, 3.63) is 23.3 Å². The molecule has 0 saturated heterocycles. The first-order valence-electron chi connectivity index (χ1n) is 4.60. The molecule has 15 heavy (non-hydrogen) atoms. The zero-order chi connectivity index (χ0) is 9.97. The van der Waals surface area contributed by atoms with Gasteiger partial charge in [-0.25, -0.2) is 0 Å². The number of hydrogen-bond acceptors (Lipinski definition) is 3. The lowest BCUT2D eigenvalue weighted by atomic mass is 10.0. The molecule has 0 fully saturated rings. The van der Waals surface area contributed by atoms with Crippen molar-refractivity contribution < 1.29 is 9.47 Å². The number of fused-ring (bicyclic) bond motifs is 1. The normalized spacial score (nSPS) is 12.7. The average molecular weight is 207 g/mol. The first-order valence-corrected chi connectivity index (χ1v) is 4.60. The molecule has 82 valence electrons. The summed E-state index contributed by atoms with van der Waals surface area (Å²) in [6.07, 6.45) is 2.87. The minimum absolute atomic E-state index is 0. The molecule has 3 nitrogen and oxygen atoms in total. The van der Waals surface area contributed by atoms with Crippen LogP contribution < -0.4 is 9.47 Å². The summed E-state index contributed by atoms with van der Waals surface area (Å²) in [4.78, 5) is 4.23. The van der Waals surface area contributed by atoms with E-state index in [2.05, 4.69) is 4.99 Å². The number of ether oxygens (including phenoxy) is 2. The Hall–Kier alpha value is -1.51. The molecule has 0 radical (unpaired) electrons. The molecule has 0 bridgehead atoms. The first kappa shape index (κ1) is 11.6. The molecule has 1 aromatic rings. The lowest BCUT2D eigenvalue weighted by Gasteiger charge is -2.14. The summed E-state index contributed by atoms with van der Waals surface area (Å²) in [6.45, 7) is 0.864. The van der Waals surface area contributed by atoms with Gasteiger partial charge in [-0.05, 0) is 29.7 Å². The highest BCUT2D eigenvalue weighted by Crippen LogP contribution is 2.30. The lowest BCUT2D eigenvalue weighted by Crippen LogP contribution is -2.04. The summed E-state index contributed by atoms with van der Waals surface area (Å²) in [5.41, 5.74) is 2.41. The second kappa shape index (κ2) is 4.82. The molecule has 0 saturated carbocycles. The molecule has 0 atom stereocenters. The molecule has 2 rings (SSSR count). The van der Waals surface area contributed by atoms with Crippen molar-refractivity contribution in [2.45, 2.75) is 13.8 Å². The summed E-state index contributed by atoms with van der Waals surface area (Å²) < 4.78 is 10.4. The van der Waals surface area contributed by atoms with Crippen LogP contribution in [0.3, 0.4) is 0 Å². The van der Waals surface area contributed by atoms with E-state index in [1.165, 1.54) is 5.56 Å². The smallest absolute Gasteiger partial charge is 0.161 e. The van der Waals surface area contributed by atoms with Crippen molar-refractivity contribution in [1.29, 1.82) is 0 Å². The lowest BCUT2D eigenvalue weighted by molar-refractivity contribution is 0.354. The third-order valence-corrected chi connectivity index (χ3v) is 2.39.